The first kappa shape index (κ1) is 25.0. The minimum atomic E-state index is -0.485. The van der Waals surface area contributed by atoms with Crippen molar-refractivity contribution in [2.45, 2.75) is 52.1 Å². The highest BCUT2D eigenvalue weighted by atomic mass is 35.5. The highest BCUT2D eigenvalue weighted by Gasteiger charge is 2.22. The third-order valence-corrected chi connectivity index (χ3v) is 5.00. The van der Waals surface area contributed by atoms with Crippen LogP contribution in [0, 0.1) is 5.92 Å². The molecule has 0 aromatic heterocycles. The minimum Gasteiger partial charge on any atom is -0.493 e. The summed E-state index contributed by atoms with van der Waals surface area (Å²) < 4.78 is 10.7. The molecule has 29 heavy (non-hydrogen) atoms. The highest BCUT2D eigenvalue weighted by molar-refractivity contribution is 5.85. The molecule has 0 saturated carbocycles. The van der Waals surface area contributed by atoms with Gasteiger partial charge in [0.2, 0.25) is 11.8 Å². The van der Waals surface area contributed by atoms with Crippen molar-refractivity contribution in [3.05, 3.63) is 23.3 Å². The van der Waals surface area contributed by atoms with Crippen molar-refractivity contribution in [1.29, 1.82) is 0 Å². The number of nitrogens with zero attached hydrogens (tertiary/aromatic N) is 1. The molecule has 0 fully saturated rings. The van der Waals surface area contributed by atoms with E-state index in [1.54, 1.807) is 14.2 Å². The Labute approximate surface area is 179 Å². The molecule has 0 bridgehead atoms. The van der Waals surface area contributed by atoms with Crippen molar-refractivity contribution in [3.8, 4) is 11.5 Å². The number of carbonyl (C=O) groups excluding carboxylic acids is 2. The number of rotatable bonds is 9. The molecule has 7 nitrogen and oxygen atoms in total. The second-order valence-electron chi connectivity index (χ2n) is 7.67. The molecule has 1 aromatic rings. The summed E-state index contributed by atoms with van der Waals surface area (Å²) in [6, 6.07) is 3.46. The summed E-state index contributed by atoms with van der Waals surface area (Å²) in [5, 5.41) is 2.82. The van der Waals surface area contributed by atoms with Gasteiger partial charge in [-0.1, -0.05) is 13.8 Å². The minimum absolute atomic E-state index is 0. The lowest BCUT2D eigenvalue weighted by atomic mass is 9.98. The van der Waals surface area contributed by atoms with E-state index in [4.69, 9.17) is 15.2 Å². The number of benzene rings is 1. The Hall–Kier alpha value is -1.99. The van der Waals surface area contributed by atoms with E-state index in [1.165, 1.54) is 5.56 Å². The van der Waals surface area contributed by atoms with Crippen molar-refractivity contribution in [1.82, 2.24) is 10.2 Å². The predicted octanol–water partition coefficient (Wildman–Crippen LogP) is 2.28. The standard InChI is InChI=1S/C21H33N3O4.ClH/c1-14(2)10-17(22)21(26)23-8-5-6-20(25)24-9-7-15-11-18(27-3)19(28-4)12-16(15)13-24;/h11-12,14,17H,5-10,13,22H2,1-4H3,(H,23,26);1H/t17-;/m0./s1. The van der Waals surface area contributed by atoms with Gasteiger partial charge in [-0.05, 0) is 48.4 Å². The number of halogens is 1. The zero-order valence-corrected chi connectivity index (χ0v) is 18.6. The van der Waals surface area contributed by atoms with Gasteiger partial charge >= 0.3 is 0 Å². The largest absolute Gasteiger partial charge is 0.493 e. The van der Waals surface area contributed by atoms with Crippen LogP contribution in [0.4, 0.5) is 0 Å². The number of ether oxygens (including phenoxy) is 2. The molecule has 1 aliphatic rings. The van der Waals surface area contributed by atoms with Crippen LogP contribution < -0.4 is 20.5 Å². The Morgan fingerprint density at radius 3 is 2.38 bits per heavy atom. The fourth-order valence-corrected chi connectivity index (χ4v) is 3.45. The van der Waals surface area contributed by atoms with Crippen molar-refractivity contribution < 1.29 is 19.1 Å². The van der Waals surface area contributed by atoms with E-state index < -0.39 is 6.04 Å². The molecule has 1 aromatic carbocycles. The van der Waals surface area contributed by atoms with Crippen molar-refractivity contribution in [3.63, 3.8) is 0 Å². The van der Waals surface area contributed by atoms with E-state index in [0.717, 1.165) is 12.0 Å². The van der Waals surface area contributed by atoms with Crippen molar-refractivity contribution >= 4 is 24.2 Å². The van der Waals surface area contributed by atoms with Crippen LogP contribution in [0.15, 0.2) is 12.1 Å². The summed E-state index contributed by atoms with van der Waals surface area (Å²) in [7, 11) is 3.23. The molecule has 1 heterocycles. The maximum Gasteiger partial charge on any atom is 0.236 e. The van der Waals surface area contributed by atoms with Gasteiger partial charge in [0.15, 0.2) is 11.5 Å². The number of fused-ring (bicyclic) bond motifs is 1. The Morgan fingerprint density at radius 2 is 1.79 bits per heavy atom. The van der Waals surface area contributed by atoms with E-state index in [-0.39, 0.29) is 24.2 Å². The van der Waals surface area contributed by atoms with Gasteiger partial charge in [0.05, 0.1) is 20.3 Å². The highest BCUT2D eigenvalue weighted by Crippen LogP contribution is 2.33. The van der Waals surface area contributed by atoms with E-state index in [2.05, 4.69) is 5.32 Å². The normalized spacial score (nSPS) is 13.9. The fourth-order valence-electron chi connectivity index (χ4n) is 3.45. The zero-order chi connectivity index (χ0) is 20.7. The van der Waals surface area contributed by atoms with Crippen LogP contribution >= 0.6 is 12.4 Å². The molecule has 164 valence electrons. The van der Waals surface area contributed by atoms with Gasteiger partial charge in [-0.2, -0.15) is 0 Å². The molecule has 8 heteroatoms. The smallest absolute Gasteiger partial charge is 0.236 e. The van der Waals surface area contributed by atoms with Gasteiger partial charge in [0, 0.05) is 26.1 Å². The van der Waals surface area contributed by atoms with Crippen LogP contribution in [0.5, 0.6) is 11.5 Å². The number of nitrogens with one attached hydrogen (secondary N) is 1. The Bertz CT molecular complexity index is 697. The fraction of sp³-hybridized carbons (Fsp3) is 0.619. The number of methoxy groups -OCH3 is 2. The lowest BCUT2D eigenvalue weighted by Crippen LogP contribution is -2.42. The Balaban J connectivity index is 0.00000420. The van der Waals surface area contributed by atoms with Crippen molar-refractivity contribution in [2.24, 2.45) is 11.7 Å². The van der Waals surface area contributed by atoms with E-state index in [1.807, 2.05) is 30.9 Å². The summed E-state index contributed by atoms with van der Waals surface area (Å²) >= 11 is 0. The Morgan fingerprint density at radius 1 is 1.17 bits per heavy atom. The molecule has 0 aliphatic carbocycles. The van der Waals surface area contributed by atoms with Crippen molar-refractivity contribution in [2.75, 3.05) is 27.3 Å². The van der Waals surface area contributed by atoms with Crippen LogP contribution in [-0.2, 0) is 22.6 Å². The lowest BCUT2D eigenvalue weighted by molar-refractivity contribution is -0.132. The lowest BCUT2D eigenvalue weighted by Gasteiger charge is -2.29. The quantitative estimate of drug-likeness (QED) is 0.589. The molecule has 0 unspecified atom stereocenters. The molecular formula is C21H34ClN3O4. The van der Waals surface area contributed by atoms with Gasteiger partial charge in [-0.3, -0.25) is 9.59 Å². The van der Waals surface area contributed by atoms with Crippen LogP contribution in [0.1, 0.15) is 44.2 Å². The second kappa shape index (κ2) is 11.9. The monoisotopic (exact) mass is 427 g/mol. The SMILES string of the molecule is COc1cc2c(cc1OC)CN(C(=O)CCCNC(=O)[C@@H](N)CC(C)C)CC2.Cl. The first-order chi connectivity index (χ1) is 13.3. The molecule has 0 spiro atoms. The topological polar surface area (TPSA) is 93.9 Å². The molecule has 2 amide bonds. The summed E-state index contributed by atoms with van der Waals surface area (Å²) in [4.78, 5) is 26.3. The van der Waals surface area contributed by atoms with Crippen LogP contribution in [0.3, 0.4) is 0 Å². The summed E-state index contributed by atoms with van der Waals surface area (Å²) in [6.07, 6.45) is 2.46. The second-order valence-corrected chi connectivity index (χ2v) is 7.67. The third kappa shape index (κ3) is 7.08. The first-order valence-corrected chi connectivity index (χ1v) is 9.90. The maximum atomic E-state index is 12.5. The van der Waals surface area contributed by atoms with Gasteiger partial charge in [-0.15, -0.1) is 12.4 Å². The van der Waals surface area contributed by atoms with Gasteiger partial charge in [0.1, 0.15) is 0 Å². The van der Waals surface area contributed by atoms with Crippen LogP contribution in [-0.4, -0.2) is 50.1 Å². The van der Waals surface area contributed by atoms with Gasteiger partial charge in [-0.25, -0.2) is 0 Å². The average Bonchev–Trinajstić information content (AvgIpc) is 2.68. The molecule has 0 radical (unpaired) electrons. The van der Waals surface area contributed by atoms with E-state index in [9.17, 15) is 9.59 Å². The van der Waals surface area contributed by atoms with Crippen LogP contribution in [0.25, 0.3) is 0 Å². The summed E-state index contributed by atoms with van der Waals surface area (Å²) in [5.41, 5.74) is 8.14. The van der Waals surface area contributed by atoms with Crippen LogP contribution in [0.2, 0.25) is 0 Å². The molecule has 0 saturated heterocycles. The predicted molar refractivity (Wildman–Crippen MR) is 116 cm³/mol. The summed E-state index contributed by atoms with van der Waals surface area (Å²) in [6.45, 7) is 5.79. The number of amides is 2. The van der Waals surface area contributed by atoms with E-state index in [0.29, 0.717) is 56.3 Å². The zero-order valence-electron chi connectivity index (χ0n) is 17.8. The summed E-state index contributed by atoms with van der Waals surface area (Å²) in [5.74, 6) is 1.72. The molecule has 3 N–H and O–H groups in total. The van der Waals surface area contributed by atoms with E-state index >= 15 is 0 Å². The average molecular weight is 428 g/mol. The number of carbonyl (C=O) groups is 2. The number of nitrogens with two attached hydrogens (primary N) is 1. The molecular weight excluding hydrogens is 394 g/mol. The number of hydrogen-bond donors (Lipinski definition) is 2. The molecule has 2 rings (SSSR count). The third-order valence-electron chi connectivity index (χ3n) is 5.00. The first-order valence-electron chi connectivity index (χ1n) is 9.90. The molecule has 1 aliphatic heterocycles. The molecule has 1 atom stereocenters. The van der Waals surface area contributed by atoms with Gasteiger partial charge < -0.3 is 25.4 Å². The number of hydrogen-bond acceptors (Lipinski definition) is 5. The van der Waals surface area contributed by atoms with Gasteiger partial charge in [0.25, 0.3) is 0 Å². The Kier molecular flexibility index (Phi) is 10.3. The maximum absolute atomic E-state index is 12.5.